The van der Waals surface area contributed by atoms with E-state index >= 15 is 0 Å². The second kappa shape index (κ2) is 4.60. The van der Waals surface area contributed by atoms with Crippen molar-refractivity contribution >= 4 is 0 Å². The number of ether oxygens (including phenoxy) is 1. The minimum absolute atomic E-state index is 0.0655. The first-order valence-corrected chi connectivity index (χ1v) is 5.52. The van der Waals surface area contributed by atoms with Crippen molar-refractivity contribution in [3.8, 4) is 0 Å². The highest BCUT2D eigenvalue weighted by Gasteiger charge is 2.48. The lowest BCUT2D eigenvalue weighted by Crippen LogP contribution is -2.42. The summed E-state index contributed by atoms with van der Waals surface area (Å²) in [5.41, 5.74) is 0.751. The van der Waals surface area contributed by atoms with Crippen molar-refractivity contribution in [2.24, 2.45) is 5.41 Å². The summed E-state index contributed by atoms with van der Waals surface area (Å²) in [6, 6.07) is 0. The first-order valence-electron chi connectivity index (χ1n) is 5.52. The van der Waals surface area contributed by atoms with E-state index in [0.717, 1.165) is 18.4 Å². The van der Waals surface area contributed by atoms with Crippen molar-refractivity contribution in [2.75, 3.05) is 13.7 Å². The molecule has 0 aliphatic heterocycles. The van der Waals surface area contributed by atoms with Crippen LogP contribution in [0.25, 0.3) is 0 Å². The average molecular weight is 218 g/mol. The molecule has 88 valence electrons. The van der Waals surface area contributed by atoms with Gasteiger partial charge in [0, 0.05) is 25.4 Å². The quantitative estimate of drug-likeness (QED) is 0.638. The fourth-order valence-electron chi connectivity index (χ4n) is 2.39. The molecule has 0 spiro atoms. The second-order valence-corrected chi connectivity index (χ2v) is 4.41. The highest BCUT2D eigenvalue weighted by Crippen LogP contribution is 2.52. The Labute approximate surface area is 90.5 Å². The molecule has 0 aromatic heterocycles. The predicted octanol–water partition coefficient (Wildman–Crippen LogP) is 3.79. The average Bonchev–Trinajstić information content (AvgIpc) is 2.16. The van der Waals surface area contributed by atoms with Crippen molar-refractivity contribution in [3.05, 3.63) is 11.6 Å². The molecule has 0 aromatic carbocycles. The maximum absolute atomic E-state index is 13.4. The largest absolute Gasteiger partial charge is 0.384 e. The third-order valence-electron chi connectivity index (χ3n) is 3.44. The van der Waals surface area contributed by atoms with Gasteiger partial charge in [0.05, 0.1) is 6.61 Å². The van der Waals surface area contributed by atoms with E-state index in [-0.39, 0.29) is 18.3 Å². The molecule has 0 heterocycles. The van der Waals surface area contributed by atoms with Crippen molar-refractivity contribution in [2.45, 2.75) is 45.5 Å². The summed E-state index contributed by atoms with van der Waals surface area (Å²) in [7, 11) is 1.58. The molecule has 1 aliphatic carbocycles. The zero-order valence-corrected chi connectivity index (χ0v) is 9.78. The van der Waals surface area contributed by atoms with E-state index < -0.39 is 5.92 Å². The van der Waals surface area contributed by atoms with Gasteiger partial charge in [-0.3, -0.25) is 0 Å². The van der Waals surface area contributed by atoms with Crippen LogP contribution in [0.15, 0.2) is 11.6 Å². The lowest BCUT2D eigenvalue weighted by molar-refractivity contribution is -0.0721. The molecular weight excluding hydrogens is 198 g/mol. The minimum Gasteiger partial charge on any atom is -0.384 e. The molecule has 0 radical (unpaired) electrons. The molecule has 0 N–H and O–H groups in total. The Kier molecular flexibility index (Phi) is 3.87. The molecule has 1 unspecified atom stereocenters. The van der Waals surface area contributed by atoms with Crippen molar-refractivity contribution in [1.29, 1.82) is 0 Å². The highest BCUT2D eigenvalue weighted by atomic mass is 19.3. The molecule has 0 saturated heterocycles. The predicted molar refractivity (Wildman–Crippen MR) is 57.2 cm³/mol. The monoisotopic (exact) mass is 218 g/mol. The van der Waals surface area contributed by atoms with Gasteiger partial charge in [0.2, 0.25) is 5.92 Å². The van der Waals surface area contributed by atoms with Crippen LogP contribution >= 0.6 is 0 Å². The standard InChI is InChI=1S/C12H20F2O/c1-4-10-6-7-11(10,9-15-3)8-12(13,14)5-2/h4H,5-9H2,1-3H3/b10-4+. The van der Waals surface area contributed by atoms with Gasteiger partial charge in [-0.05, 0) is 19.8 Å². The Balaban J connectivity index is 2.75. The van der Waals surface area contributed by atoms with E-state index in [1.54, 1.807) is 7.11 Å². The van der Waals surface area contributed by atoms with E-state index in [2.05, 4.69) is 0 Å². The Bertz CT molecular complexity index is 248. The number of halogens is 2. The van der Waals surface area contributed by atoms with Crippen LogP contribution < -0.4 is 0 Å². The number of hydrogen-bond acceptors (Lipinski definition) is 1. The van der Waals surface area contributed by atoms with Crippen molar-refractivity contribution < 1.29 is 13.5 Å². The van der Waals surface area contributed by atoms with Crippen molar-refractivity contribution in [1.82, 2.24) is 0 Å². The maximum atomic E-state index is 13.4. The lowest BCUT2D eigenvalue weighted by atomic mass is 9.61. The molecule has 1 fully saturated rings. The van der Waals surface area contributed by atoms with E-state index in [9.17, 15) is 8.78 Å². The zero-order valence-electron chi connectivity index (χ0n) is 9.78. The summed E-state index contributed by atoms with van der Waals surface area (Å²) >= 11 is 0. The van der Waals surface area contributed by atoms with E-state index in [0.29, 0.717) is 6.61 Å². The Morgan fingerprint density at radius 3 is 2.53 bits per heavy atom. The molecule has 0 amide bonds. The Hall–Kier alpha value is -0.440. The van der Waals surface area contributed by atoms with Crippen molar-refractivity contribution in [3.63, 3.8) is 0 Å². The molecular formula is C12H20F2O. The number of rotatable bonds is 5. The van der Waals surface area contributed by atoms with Gasteiger partial charge in [-0.25, -0.2) is 8.78 Å². The summed E-state index contributed by atoms with van der Waals surface area (Å²) in [6.45, 7) is 3.87. The van der Waals surface area contributed by atoms with Gasteiger partial charge in [0.1, 0.15) is 0 Å². The normalized spacial score (nSPS) is 29.3. The highest BCUT2D eigenvalue weighted by molar-refractivity contribution is 5.24. The lowest BCUT2D eigenvalue weighted by Gasteiger charge is -2.46. The second-order valence-electron chi connectivity index (χ2n) is 4.41. The smallest absolute Gasteiger partial charge is 0.248 e. The van der Waals surface area contributed by atoms with Crippen LogP contribution in [0.1, 0.15) is 39.5 Å². The van der Waals surface area contributed by atoms with Gasteiger partial charge in [0.25, 0.3) is 0 Å². The van der Waals surface area contributed by atoms with Crippen LogP contribution in [0, 0.1) is 5.41 Å². The fraction of sp³-hybridized carbons (Fsp3) is 0.833. The molecule has 0 aromatic rings. The van der Waals surface area contributed by atoms with Crippen LogP contribution in [0.2, 0.25) is 0 Å². The summed E-state index contributed by atoms with van der Waals surface area (Å²) in [6.07, 6.45) is 3.59. The van der Waals surface area contributed by atoms with Gasteiger partial charge in [-0.2, -0.15) is 0 Å². The van der Waals surface area contributed by atoms with E-state index in [1.807, 2.05) is 13.0 Å². The number of allylic oxidation sites excluding steroid dienone is 1. The van der Waals surface area contributed by atoms with Gasteiger partial charge in [0.15, 0.2) is 0 Å². The summed E-state index contributed by atoms with van der Waals surface area (Å²) in [5.74, 6) is -2.56. The van der Waals surface area contributed by atoms with E-state index in [4.69, 9.17) is 4.74 Å². The third-order valence-corrected chi connectivity index (χ3v) is 3.44. The topological polar surface area (TPSA) is 9.23 Å². The van der Waals surface area contributed by atoms with Gasteiger partial charge in [-0.15, -0.1) is 0 Å². The van der Waals surface area contributed by atoms with Gasteiger partial charge < -0.3 is 4.74 Å². The molecule has 15 heavy (non-hydrogen) atoms. The van der Waals surface area contributed by atoms with Crippen LogP contribution in [0.3, 0.4) is 0 Å². The van der Waals surface area contributed by atoms with Gasteiger partial charge >= 0.3 is 0 Å². The van der Waals surface area contributed by atoms with E-state index in [1.165, 1.54) is 6.92 Å². The molecule has 1 saturated carbocycles. The SMILES string of the molecule is C/C=C1\CCC1(COC)CC(F)(F)CC. The Morgan fingerprint density at radius 1 is 1.53 bits per heavy atom. The summed E-state index contributed by atoms with van der Waals surface area (Å²) in [5, 5.41) is 0. The molecule has 1 rings (SSSR count). The maximum Gasteiger partial charge on any atom is 0.248 e. The first kappa shape index (κ1) is 12.6. The number of hydrogen-bond donors (Lipinski definition) is 0. The van der Waals surface area contributed by atoms with Crippen LogP contribution in [-0.2, 0) is 4.74 Å². The molecule has 0 bridgehead atoms. The van der Waals surface area contributed by atoms with Crippen LogP contribution in [0.5, 0.6) is 0 Å². The third kappa shape index (κ3) is 2.57. The molecule has 1 atom stereocenters. The molecule has 1 aliphatic rings. The number of methoxy groups -OCH3 is 1. The Morgan fingerprint density at radius 2 is 2.20 bits per heavy atom. The zero-order chi connectivity index (χ0) is 11.5. The molecule has 1 nitrogen and oxygen atoms in total. The molecule has 3 heteroatoms. The fourth-order valence-corrected chi connectivity index (χ4v) is 2.39. The summed E-state index contributed by atoms with van der Waals surface area (Å²) < 4.78 is 31.9. The van der Waals surface area contributed by atoms with Crippen LogP contribution in [-0.4, -0.2) is 19.6 Å². The van der Waals surface area contributed by atoms with Gasteiger partial charge in [-0.1, -0.05) is 18.6 Å². The summed E-state index contributed by atoms with van der Waals surface area (Å²) in [4.78, 5) is 0. The van der Waals surface area contributed by atoms with Crippen LogP contribution in [0.4, 0.5) is 8.78 Å². The number of alkyl halides is 2. The minimum atomic E-state index is -2.56. The first-order chi connectivity index (χ1) is 6.99.